The highest BCUT2D eigenvalue weighted by atomic mass is 16.2. The lowest BCUT2D eigenvalue weighted by atomic mass is 9.85. The Morgan fingerprint density at radius 3 is 2.44 bits per heavy atom. The van der Waals surface area contributed by atoms with Crippen LogP contribution < -0.4 is 10.6 Å². The predicted molar refractivity (Wildman–Crippen MR) is 125 cm³/mol. The molecule has 1 aromatic heterocycles. The largest absolute Gasteiger partial charge is 0.352 e. The van der Waals surface area contributed by atoms with Gasteiger partial charge < -0.3 is 20.1 Å². The van der Waals surface area contributed by atoms with Crippen molar-refractivity contribution in [1.29, 1.82) is 0 Å². The van der Waals surface area contributed by atoms with Crippen LogP contribution in [-0.4, -0.2) is 51.9 Å². The van der Waals surface area contributed by atoms with Gasteiger partial charge >= 0.3 is 0 Å². The minimum atomic E-state index is -0.628. The van der Waals surface area contributed by atoms with Crippen molar-refractivity contribution < 1.29 is 9.59 Å². The lowest BCUT2D eigenvalue weighted by Gasteiger charge is -2.34. The molecule has 2 aromatic rings. The average Bonchev–Trinajstić information content (AvgIpc) is 2.95. The Labute approximate surface area is 190 Å². The molecule has 2 N–H and O–H groups in total. The highest BCUT2D eigenvalue weighted by molar-refractivity contribution is 5.98. The Kier molecular flexibility index (Phi) is 6.38. The number of carbonyl (C=O) groups is 2. The maximum atomic E-state index is 13.5. The SMILES string of the molecule is CN1CCCn2c(-c3ccccc3)nc(C(=O)NC(C(=O)NC3CCC3)C(C)(C)C)c2C1. The van der Waals surface area contributed by atoms with Crippen LogP contribution in [0.25, 0.3) is 11.4 Å². The number of aromatic nitrogens is 2. The standard InChI is InChI=1S/C25H35N5O2/c1-25(2,3)21(24(32)26-18-12-8-13-18)28-23(31)20-19-16-29(4)14-9-15-30(19)22(27-20)17-10-6-5-7-11-17/h5-7,10-11,18,21H,8-9,12-16H2,1-4H3,(H,26,32)(H,28,31). The number of nitrogens with one attached hydrogen (secondary N) is 2. The van der Waals surface area contributed by atoms with E-state index >= 15 is 0 Å². The van der Waals surface area contributed by atoms with Crippen LogP contribution >= 0.6 is 0 Å². The molecule has 2 aliphatic rings. The number of rotatable bonds is 5. The number of benzene rings is 1. The average molecular weight is 438 g/mol. The first-order chi connectivity index (χ1) is 15.2. The van der Waals surface area contributed by atoms with Crippen LogP contribution in [0.5, 0.6) is 0 Å². The third kappa shape index (κ3) is 4.72. The van der Waals surface area contributed by atoms with Crippen molar-refractivity contribution in [1.82, 2.24) is 25.1 Å². The summed E-state index contributed by atoms with van der Waals surface area (Å²) in [7, 11) is 2.07. The third-order valence-corrected chi connectivity index (χ3v) is 6.52. The van der Waals surface area contributed by atoms with E-state index in [1.807, 2.05) is 51.1 Å². The summed E-state index contributed by atoms with van der Waals surface area (Å²) in [4.78, 5) is 33.6. The third-order valence-electron chi connectivity index (χ3n) is 6.52. The zero-order valence-electron chi connectivity index (χ0n) is 19.6. The summed E-state index contributed by atoms with van der Waals surface area (Å²) in [6.45, 7) is 8.37. The van der Waals surface area contributed by atoms with Crippen LogP contribution in [0.3, 0.4) is 0 Å². The van der Waals surface area contributed by atoms with Gasteiger partial charge in [-0.3, -0.25) is 9.59 Å². The molecule has 0 bridgehead atoms. The fourth-order valence-electron chi connectivity index (χ4n) is 4.42. The zero-order chi connectivity index (χ0) is 22.9. The molecule has 1 aliphatic carbocycles. The Bertz CT molecular complexity index is 972. The lowest BCUT2D eigenvalue weighted by Crippen LogP contribution is -2.56. The molecule has 2 heterocycles. The van der Waals surface area contributed by atoms with E-state index in [1.54, 1.807) is 0 Å². The smallest absolute Gasteiger partial charge is 0.272 e. The van der Waals surface area contributed by atoms with Crippen LogP contribution in [0, 0.1) is 5.41 Å². The molecule has 1 fully saturated rings. The van der Waals surface area contributed by atoms with Crippen LogP contribution in [-0.2, 0) is 17.9 Å². The van der Waals surface area contributed by atoms with Gasteiger partial charge in [0.15, 0.2) is 5.69 Å². The number of fused-ring (bicyclic) bond motifs is 1. The van der Waals surface area contributed by atoms with Crippen molar-refractivity contribution >= 4 is 11.8 Å². The van der Waals surface area contributed by atoms with Crippen LogP contribution in [0.15, 0.2) is 30.3 Å². The Hall–Kier alpha value is -2.67. The van der Waals surface area contributed by atoms with E-state index in [2.05, 4.69) is 27.1 Å². The van der Waals surface area contributed by atoms with Gasteiger partial charge in [-0.1, -0.05) is 51.1 Å². The van der Waals surface area contributed by atoms with E-state index in [0.29, 0.717) is 12.2 Å². The number of amides is 2. The van der Waals surface area contributed by atoms with E-state index in [4.69, 9.17) is 4.98 Å². The van der Waals surface area contributed by atoms with Crippen molar-refractivity contribution in [2.24, 2.45) is 5.41 Å². The van der Waals surface area contributed by atoms with Crippen molar-refractivity contribution in [3.63, 3.8) is 0 Å². The number of nitrogens with zero attached hydrogens (tertiary/aromatic N) is 3. The maximum Gasteiger partial charge on any atom is 0.272 e. The van der Waals surface area contributed by atoms with Gasteiger partial charge in [-0.05, 0) is 44.7 Å². The van der Waals surface area contributed by atoms with Gasteiger partial charge in [0.1, 0.15) is 11.9 Å². The highest BCUT2D eigenvalue weighted by Gasteiger charge is 2.36. The highest BCUT2D eigenvalue weighted by Crippen LogP contribution is 2.27. The topological polar surface area (TPSA) is 79.3 Å². The van der Waals surface area contributed by atoms with Gasteiger partial charge in [-0.15, -0.1) is 0 Å². The quantitative estimate of drug-likeness (QED) is 0.753. The van der Waals surface area contributed by atoms with Crippen molar-refractivity contribution in [3.05, 3.63) is 41.7 Å². The van der Waals surface area contributed by atoms with Gasteiger partial charge in [0, 0.05) is 24.7 Å². The first kappa shape index (κ1) is 22.5. The van der Waals surface area contributed by atoms with Crippen LogP contribution in [0.1, 0.15) is 62.6 Å². The van der Waals surface area contributed by atoms with E-state index < -0.39 is 11.5 Å². The number of carbonyl (C=O) groups excluding carboxylic acids is 2. The minimum absolute atomic E-state index is 0.110. The van der Waals surface area contributed by atoms with Gasteiger partial charge in [-0.25, -0.2) is 4.98 Å². The minimum Gasteiger partial charge on any atom is -0.352 e. The molecular formula is C25H35N5O2. The van der Waals surface area contributed by atoms with Crippen molar-refractivity contribution in [2.45, 2.75) is 71.6 Å². The first-order valence-electron chi connectivity index (χ1n) is 11.7. The molecule has 1 aromatic carbocycles. The Morgan fingerprint density at radius 2 is 1.81 bits per heavy atom. The molecule has 0 radical (unpaired) electrons. The molecule has 32 heavy (non-hydrogen) atoms. The van der Waals surface area contributed by atoms with Crippen molar-refractivity contribution in [2.75, 3.05) is 13.6 Å². The Balaban J connectivity index is 1.66. The van der Waals surface area contributed by atoms with Crippen LogP contribution in [0.2, 0.25) is 0 Å². The predicted octanol–water partition coefficient (Wildman–Crippen LogP) is 3.20. The molecule has 1 atom stereocenters. The molecule has 7 heteroatoms. The second kappa shape index (κ2) is 9.06. The number of hydrogen-bond acceptors (Lipinski definition) is 4. The van der Waals surface area contributed by atoms with E-state index in [9.17, 15) is 9.59 Å². The molecule has 1 unspecified atom stereocenters. The molecule has 0 spiro atoms. The van der Waals surface area contributed by atoms with Gasteiger partial charge in [0.25, 0.3) is 5.91 Å². The molecular weight excluding hydrogens is 402 g/mol. The monoisotopic (exact) mass is 437 g/mol. The summed E-state index contributed by atoms with van der Waals surface area (Å²) < 4.78 is 2.17. The van der Waals surface area contributed by atoms with E-state index in [1.165, 1.54) is 0 Å². The molecule has 1 aliphatic heterocycles. The molecule has 4 rings (SSSR count). The van der Waals surface area contributed by atoms with Crippen molar-refractivity contribution in [3.8, 4) is 11.4 Å². The Morgan fingerprint density at radius 1 is 1.09 bits per heavy atom. The fraction of sp³-hybridized carbons (Fsp3) is 0.560. The molecule has 0 saturated heterocycles. The zero-order valence-corrected chi connectivity index (χ0v) is 19.6. The number of hydrogen-bond donors (Lipinski definition) is 2. The number of imidazole rings is 1. The molecule has 7 nitrogen and oxygen atoms in total. The molecule has 1 saturated carbocycles. The van der Waals surface area contributed by atoms with Gasteiger partial charge in [0.2, 0.25) is 5.91 Å². The maximum absolute atomic E-state index is 13.5. The second-order valence-electron chi connectivity index (χ2n) is 10.2. The van der Waals surface area contributed by atoms with E-state index in [-0.39, 0.29) is 17.9 Å². The summed E-state index contributed by atoms with van der Waals surface area (Å²) in [6.07, 6.45) is 4.17. The van der Waals surface area contributed by atoms with Gasteiger partial charge in [-0.2, -0.15) is 0 Å². The van der Waals surface area contributed by atoms with Crippen LogP contribution in [0.4, 0.5) is 0 Å². The summed E-state index contributed by atoms with van der Waals surface area (Å²) >= 11 is 0. The summed E-state index contributed by atoms with van der Waals surface area (Å²) in [5, 5.41) is 6.13. The van der Waals surface area contributed by atoms with Gasteiger partial charge in [0.05, 0.1) is 5.69 Å². The molecule has 2 amide bonds. The summed E-state index contributed by atoms with van der Waals surface area (Å²) in [5.74, 6) is 0.420. The lowest BCUT2D eigenvalue weighted by molar-refractivity contribution is -0.126. The van der Waals surface area contributed by atoms with E-state index in [0.717, 1.165) is 55.9 Å². The normalized spacial score (nSPS) is 18.2. The first-order valence-corrected chi connectivity index (χ1v) is 11.7. The summed E-state index contributed by atoms with van der Waals surface area (Å²) in [5.41, 5.74) is 1.91. The molecule has 172 valence electrons. The second-order valence-corrected chi connectivity index (χ2v) is 10.2. The fourth-order valence-corrected chi connectivity index (χ4v) is 4.42. The summed E-state index contributed by atoms with van der Waals surface area (Å²) in [6, 6.07) is 9.60.